The Morgan fingerprint density at radius 3 is 1.00 bits per heavy atom. The zero-order valence-corrected chi connectivity index (χ0v) is 11.3. The van der Waals surface area contributed by atoms with Crippen molar-refractivity contribution in [2.24, 2.45) is 0 Å². The van der Waals surface area contributed by atoms with Gasteiger partial charge in [0.2, 0.25) is 0 Å². The molecule has 0 aliphatic heterocycles. The molecule has 0 aromatic carbocycles. The SMILES string of the molecule is [Br].[Ca].[Pb].[Ti]. The average Bonchev–Trinajstić information content (AvgIpc) is 0. The van der Waals surface area contributed by atoms with Crippen molar-refractivity contribution < 1.29 is 21.7 Å². The molecule has 0 N–H and O–H groups in total. The number of rotatable bonds is 0. The van der Waals surface area contributed by atoms with Gasteiger partial charge in [0.15, 0.2) is 0 Å². The van der Waals surface area contributed by atoms with Crippen LogP contribution < -0.4 is 0 Å². The third-order valence-electron chi connectivity index (χ3n) is 0. The van der Waals surface area contributed by atoms with Crippen LogP contribution in [0.25, 0.3) is 0 Å². The molecule has 7 radical (unpaired) electrons. The van der Waals surface area contributed by atoms with Crippen LogP contribution in [0.2, 0.25) is 0 Å². The Morgan fingerprint density at radius 2 is 1.00 bits per heavy atom. The Balaban J connectivity index is 0. The van der Waals surface area contributed by atoms with Crippen molar-refractivity contribution in [1.82, 2.24) is 0 Å². The molecule has 0 heterocycles. The maximum atomic E-state index is 0. The molecule has 0 aliphatic carbocycles. The summed E-state index contributed by atoms with van der Waals surface area (Å²) in [5, 5.41) is 0. The topological polar surface area (TPSA) is 0 Å². The number of hydrogen-bond donors (Lipinski definition) is 0. The van der Waals surface area contributed by atoms with E-state index in [1.54, 1.807) is 0 Å². The molecule has 0 saturated carbocycles. The van der Waals surface area contributed by atoms with Gasteiger partial charge in [0, 0.05) is 104 Å². The third kappa shape index (κ3) is 9.03. The first-order valence-electron chi connectivity index (χ1n) is 0. The van der Waals surface area contributed by atoms with E-state index < -0.39 is 0 Å². The van der Waals surface area contributed by atoms with Crippen molar-refractivity contribution >= 4 is 82.0 Å². The van der Waals surface area contributed by atoms with Gasteiger partial charge < -0.3 is 0 Å². The minimum absolute atomic E-state index is 0. The summed E-state index contributed by atoms with van der Waals surface area (Å²) in [6.07, 6.45) is 0. The minimum Gasteiger partial charge on any atom is 0 e. The largest absolute Gasteiger partial charge is 0 e. The van der Waals surface area contributed by atoms with Crippen molar-refractivity contribution in [2.75, 3.05) is 0 Å². The van der Waals surface area contributed by atoms with Crippen LogP contribution in [0.1, 0.15) is 0 Å². The van der Waals surface area contributed by atoms with Crippen LogP contribution in [0, 0.1) is 0 Å². The Hall–Kier alpha value is 3.38. The van der Waals surface area contributed by atoms with E-state index in [2.05, 4.69) is 0 Å². The van der Waals surface area contributed by atoms with Crippen LogP contribution in [0.4, 0.5) is 0 Å². The summed E-state index contributed by atoms with van der Waals surface area (Å²) in [4.78, 5) is 0. The molecule has 0 nitrogen and oxygen atoms in total. The molecule has 4 heteroatoms. The van der Waals surface area contributed by atoms with E-state index in [0.717, 1.165) is 0 Å². The molecule has 0 bridgehead atoms. The van der Waals surface area contributed by atoms with Gasteiger partial charge in [0.1, 0.15) is 0 Å². The molecular formula is BrCaPbTi. The average molecular weight is 375 g/mol. The van der Waals surface area contributed by atoms with Gasteiger partial charge in [-0.25, -0.2) is 0 Å². The fourth-order valence-corrected chi connectivity index (χ4v) is 0. The molecule has 0 aliphatic rings. The summed E-state index contributed by atoms with van der Waals surface area (Å²) in [5.41, 5.74) is 0. The van der Waals surface area contributed by atoms with Gasteiger partial charge in [-0.15, -0.1) is 0 Å². The zero-order valence-electron chi connectivity index (χ0n) is 2.09. The van der Waals surface area contributed by atoms with E-state index in [1.807, 2.05) is 0 Å². The predicted molar refractivity (Wildman–Crippen MR) is 20.4 cm³/mol. The second kappa shape index (κ2) is 16.2. The van der Waals surface area contributed by atoms with Crippen LogP contribution in [-0.2, 0) is 21.7 Å². The number of hydrogen-bond acceptors (Lipinski definition) is 0. The summed E-state index contributed by atoms with van der Waals surface area (Å²) in [7, 11) is 0. The first-order chi connectivity index (χ1) is 0. The Morgan fingerprint density at radius 1 is 1.00 bits per heavy atom. The molecule has 0 fully saturated rings. The molecule has 0 amide bonds. The molecular weight excluding hydrogens is 375 g/mol. The monoisotopic (exact) mass is 375 g/mol. The summed E-state index contributed by atoms with van der Waals surface area (Å²) >= 11 is 0. The van der Waals surface area contributed by atoms with E-state index in [-0.39, 0.29) is 104 Å². The Labute approximate surface area is 101 Å². The zero-order chi connectivity index (χ0) is 0. The van der Waals surface area contributed by atoms with Gasteiger partial charge in [-0.1, -0.05) is 0 Å². The fourth-order valence-electron chi connectivity index (χ4n) is 0. The minimum atomic E-state index is 0. The van der Waals surface area contributed by atoms with Gasteiger partial charge in [-0.3, -0.25) is 0 Å². The van der Waals surface area contributed by atoms with Gasteiger partial charge >= 0.3 is 0 Å². The van der Waals surface area contributed by atoms with Crippen LogP contribution in [0.3, 0.4) is 0 Å². The molecule has 4 heavy (non-hydrogen) atoms. The Bertz CT molecular complexity index is 8.00. The molecule has 0 aromatic heterocycles. The predicted octanol–water partition coefficient (Wildman–Crippen LogP) is 0.0815. The second-order valence-electron chi connectivity index (χ2n) is 0. The standard InChI is InChI=1S/Br.Ca.Pb.Ti. The fraction of sp³-hybridized carbons (Fsp3) is 0. The van der Waals surface area contributed by atoms with Gasteiger partial charge in [0.25, 0.3) is 0 Å². The summed E-state index contributed by atoms with van der Waals surface area (Å²) < 4.78 is 0. The first kappa shape index (κ1) is 26.3. The van der Waals surface area contributed by atoms with Crippen molar-refractivity contribution in [2.45, 2.75) is 0 Å². The molecule has 0 atom stereocenters. The smallest absolute Gasteiger partial charge is 0 e. The third-order valence-corrected chi connectivity index (χ3v) is 0. The van der Waals surface area contributed by atoms with Crippen molar-refractivity contribution in [3.8, 4) is 0 Å². The van der Waals surface area contributed by atoms with Crippen molar-refractivity contribution in [3.63, 3.8) is 0 Å². The van der Waals surface area contributed by atoms with E-state index in [4.69, 9.17) is 0 Å². The first-order valence-corrected chi connectivity index (χ1v) is 0. The summed E-state index contributed by atoms with van der Waals surface area (Å²) in [6.45, 7) is 0. The van der Waals surface area contributed by atoms with Crippen LogP contribution in [-0.4, -0.2) is 65.0 Å². The van der Waals surface area contributed by atoms with E-state index in [9.17, 15) is 0 Å². The van der Waals surface area contributed by atoms with Crippen molar-refractivity contribution in [1.29, 1.82) is 0 Å². The van der Waals surface area contributed by atoms with E-state index >= 15 is 0 Å². The molecule has 0 aromatic rings. The molecule has 0 saturated heterocycles. The summed E-state index contributed by atoms with van der Waals surface area (Å²) in [6, 6.07) is 0. The van der Waals surface area contributed by atoms with E-state index in [0.29, 0.717) is 0 Å². The number of halogens is 1. The molecule has 0 spiro atoms. The maximum Gasteiger partial charge on any atom is 0 e. The van der Waals surface area contributed by atoms with Crippen LogP contribution >= 0.6 is 17.0 Å². The van der Waals surface area contributed by atoms with Crippen LogP contribution in [0.5, 0.6) is 0 Å². The second-order valence-corrected chi connectivity index (χ2v) is 0. The summed E-state index contributed by atoms with van der Waals surface area (Å²) in [5.74, 6) is 0. The normalized spacial score (nSPS) is 0. The Kier molecular flexibility index (Phi) is 106. The molecule has 0 rings (SSSR count). The van der Waals surface area contributed by atoms with E-state index in [1.165, 1.54) is 0 Å². The quantitative estimate of drug-likeness (QED) is 0.527. The maximum absolute atomic E-state index is 0. The van der Waals surface area contributed by atoms with Gasteiger partial charge in [-0.2, -0.15) is 0 Å². The van der Waals surface area contributed by atoms with Gasteiger partial charge in [0.05, 0.1) is 0 Å². The molecule has 0 unspecified atom stereocenters. The van der Waals surface area contributed by atoms with Crippen molar-refractivity contribution in [3.05, 3.63) is 0 Å². The van der Waals surface area contributed by atoms with Crippen LogP contribution in [0.15, 0.2) is 0 Å². The van der Waals surface area contributed by atoms with Gasteiger partial charge in [-0.05, 0) is 0 Å². The molecule has 17 valence electrons.